The molecule has 3 fully saturated rings. The fraction of sp³-hybridized carbons (Fsp3) is 0.596. The van der Waals surface area contributed by atoms with Gasteiger partial charge in [0.1, 0.15) is 11.2 Å². The zero-order chi connectivity index (χ0) is 46.1. The molecular formula is C47H58F2N4O10S. The van der Waals surface area contributed by atoms with E-state index in [-0.39, 0.29) is 30.0 Å². The van der Waals surface area contributed by atoms with Crippen LogP contribution in [0.3, 0.4) is 0 Å². The number of ether oxygens (including phenoxy) is 4. The van der Waals surface area contributed by atoms with Crippen LogP contribution in [0.25, 0.3) is 10.9 Å². The molecule has 0 amide bonds. The zero-order valence-corrected chi connectivity index (χ0v) is 38.4. The summed E-state index contributed by atoms with van der Waals surface area (Å²) in [5, 5.41) is 13.9. The topological polar surface area (TPSA) is 168 Å². The SMILES string of the molecule is CC[C@]12C=CCN3CC[C@@]4(c5cc([C@@]6(C(=O)OC)C[C@H]7CC(C(C)(F)F)CN(CCc8c6[nH]c6ccc(S(C)(=O)=O)cc86)C7)c(OC)cc5N(C)[C@H]4[C@@](O)(C(=O)OC)[C@@H]1OC(C)=O)[C@@H]32. The number of aromatic nitrogens is 1. The fourth-order valence-corrected chi connectivity index (χ4v) is 14.3. The van der Waals surface area contributed by atoms with Crippen molar-refractivity contribution in [1.29, 1.82) is 0 Å². The molecule has 9 rings (SSSR count). The molecule has 2 unspecified atom stereocenters. The highest BCUT2D eigenvalue weighted by Gasteiger charge is 2.80. The summed E-state index contributed by atoms with van der Waals surface area (Å²) in [7, 11) is 2.10. The molecule has 1 aliphatic carbocycles. The predicted molar refractivity (Wildman–Crippen MR) is 232 cm³/mol. The van der Waals surface area contributed by atoms with Crippen LogP contribution in [0.2, 0.25) is 0 Å². The lowest BCUT2D eigenvalue weighted by Crippen LogP contribution is -2.81. The molecular weight excluding hydrogens is 851 g/mol. The van der Waals surface area contributed by atoms with Crippen LogP contribution < -0.4 is 9.64 Å². The number of fused-ring (bicyclic) bond motifs is 6. The summed E-state index contributed by atoms with van der Waals surface area (Å²) in [5.41, 5.74) is -2.85. The molecule has 1 spiro atoms. The maximum Gasteiger partial charge on any atom is 0.344 e. The molecule has 1 saturated carbocycles. The Bertz CT molecular complexity index is 2600. The summed E-state index contributed by atoms with van der Waals surface area (Å²) < 4.78 is 80.6. The minimum absolute atomic E-state index is 0.0285. The van der Waals surface area contributed by atoms with Crippen molar-refractivity contribution < 1.29 is 55.6 Å². The Morgan fingerprint density at radius 1 is 1.02 bits per heavy atom. The second kappa shape index (κ2) is 15.0. The first-order valence-corrected chi connectivity index (χ1v) is 24.0. The second-order valence-electron chi connectivity index (χ2n) is 19.3. The van der Waals surface area contributed by atoms with E-state index in [0.717, 1.165) is 18.7 Å². The van der Waals surface area contributed by atoms with Gasteiger partial charge in [-0.2, -0.15) is 0 Å². The smallest absolute Gasteiger partial charge is 0.344 e. The van der Waals surface area contributed by atoms with E-state index < -0.39 is 85.5 Å². The monoisotopic (exact) mass is 908 g/mol. The van der Waals surface area contributed by atoms with Crippen LogP contribution in [0.5, 0.6) is 5.75 Å². The maximum atomic E-state index is 15.5. The van der Waals surface area contributed by atoms with Crippen LogP contribution in [0.1, 0.15) is 68.8 Å². The van der Waals surface area contributed by atoms with Crippen molar-refractivity contribution in [2.24, 2.45) is 17.3 Å². The van der Waals surface area contributed by atoms with Gasteiger partial charge in [0.05, 0.1) is 32.3 Å². The van der Waals surface area contributed by atoms with Gasteiger partial charge in [-0.05, 0) is 86.9 Å². The first-order chi connectivity index (χ1) is 30.2. The number of piperidine rings is 1. The number of hydrogen-bond acceptors (Lipinski definition) is 13. The van der Waals surface area contributed by atoms with Crippen molar-refractivity contribution in [3.05, 3.63) is 64.9 Å². The lowest BCUT2D eigenvalue weighted by molar-refractivity contribution is -0.228. The quantitative estimate of drug-likeness (QED) is 0.184. The first-order valence-electron chi connectivity index (χ1n) is 22.1. The third-order valence-corrected chi connectivity index (χ3v) is 17.2. The molecule has 3 aromatic rings. The molecule has 2 bridgehead atoms. The number of hydrogen-bond donors (Lipinski definition) is 2. The van der Waals surface area contributed by atoms with Gasteiger partial charge in [0, 0.05) is 103 Å². The van der Waals surface area contributed by atoms with Crippen LogP contribution >= 0.6 is 0 Å². The molecule has 6 aliphatic rings. The Labute approximate surface area is 372 Å². The summed E-state index contributed by atoms with van der Waals surface area (Å²) in [6.45, 7) is 6.23. The van der Waals surface area contributed by atoms with Gasteiger partial charge < -0.3 is 38.8 Å². The van der Waals surface area contributed by atoms with E-state index in [1.54, 1.807) is 19.2 Å². The van der Waals surface area contributed by atoms with E-state index in [4.69, 9.17) is 18.9 Å². The highest BCUT2D eigenvalue weighted by Crippen LogP contribution is 2.68. The number of nitrogens with one attached hydrogen (secondary N) is 1. The first kappa shape index (κ1) is 44.6. The number of methoxy groups -OCH3 is 3. The van der Waals surface area contributed by atoms with Gasteiger partial charge in [0.2, 0.25) is 11.5 Å². The Hall–Kier alpha value is -4.58. The van der Waals surface area contributed by atoms with Crippen LogP contribution in [0.4, 0.5) is 14.5 Å². The number of alkyl halides is 2. The van der Waals surface area contributed by atoms with E-state index in [9.17, 15) is 23.1 Å². The number of H-pyrrole nitrogens is 1. The van der Waals surface area contributed by atoms with Crippen molar-refractivity contribution in [2.75, 3.05) is 72.3 Å². The predicted octanol–water partition coefficient (Wildman–Crippen LogP) is 4.52. The number of rotatable bonds is 8. The number of likely N-dealkylation sites (N-methyl/N-ethyl adjacent to an activating group) is 1. The highest BCUT2D eigenvalue weighted by molar-refractivity contribution is 7.90. The van der Waals surface area contributed by atoms with Crippen molar-refractivity contribution in [2.45, 2.75) is 98.3 Å². The number of carbonyl (C=O) groups excluding carboxylic acids is 3. The largest absolute Gasteiger partial charge is 0.496 e. The number of halogens is 2. The van der Waals surface area contributed by atoms with Gasteiger partial charge in [0.25, 0.3) is 0 Å². The number of aromatic amines is 1. The zero-order valence-electron chi connectivity index (χ0n) is 37.6. The molecule has 6 heterocycles. The highest BCUT2D eigenvalue weighted by atomic mass is 32.2. The summed E-state index contributed by atoms with van der Waals surface area (Å²) in [6.07, 6.45) is 5.03. The number of carbonyl (C=O) groups is 3. The van der Waals surface area contributed by atoms with Crippen LogP contribution in [0, 0.1) is 17.3 Å². The van der Waals surface area contributed by atoms with Gasteiger partial charge >= 0.3 is 17.9 Å². The van der Waals surface area contributed by atoms with Gasteiger partial charge in [-0.15, -0.1) is 0 Å². The van der Waals surface area contributed by atoms with Gasteiger partial charge in [-0.1, -0.05) is 19.1 Å². The van der Waals surface area contributed by atoms with E-state index in [0.29, 0.717) is 78.9 Å². The fourth-order valence-electron chi connectivity index (χ4n) is 13.7. The molecule has 0 radical (unpaired) electrons. The van der Waals surface area contributed by atoms with Crippen LogP contribution in [0.15, 0.2) is 47.4 Å². The number of sulfone groups is 1. The van der Waals surface area contributed by atoms with Gasteiger partial charge in [-0.3, -0.25) is 14.5 Å². The number of esters is 3. The van der Waals surface area contributed by atoms with Gasteiger partial charge in [-0.25, -0.2) is 22.0 Å². The molecule has 2 aromatic carbocycles. The minimum Gasteiger partial charge on any atom is -0.496 e. The van der Waals surface area contributed by atoms with Crippen molar-refractivity contribution in [3.63, 3.8) is 0 Å². The number of anilines is 1. The Kier molecular flexibility index (Phi) is 10.4. The molecule has 2 saturated heterocycles. The van der Waals surface area contributed by atoms with E-state index in [2.05, 4.69) is 9.88 Å². The normalized spacial score (nSPS) is 34.4. The van der Waals surface area contributed by atoms with E-state index in [1.165, 1.54) is 34.3 Å². The minimum atomic E-state index is -3.66. The standard InChI is InChI=1S/C47H58F2N4O10S/c1-9-44-14-10-16-53-18-15-45(38(44)53)32-21-33(36(60-5)22-35(32)51(4)39(45)47(57,42(56)62-7)40(44)63-26(2)54)46(41(55)61-6)23-27-19-28(43(3,48)49)25-52(24-27)17-13-30-31-20-29(64(8,58)59)11-12-34(31)50-37(30)46/h10-12,14,20-22,27-28,38-40,50,57H,9,13,15-19,23-25H2,1-8H3/t27-,28?,38+,39-,40-,44-,45-,46+,47+/m1/s1. The summed E-state index contributed by atoms with van der Waals surface area (Å²) in [4.78, 5) is 52.7. The number of nitrogens with zero attached hydrogens (tertiary/aromatic N) is 3. The Morgan fingerprint density at radius 3 is 2.39 bits per heavy atom. The summed E-state index contributed by atoms with van der Waals surface area (Å²) >= 11 is 0. The van der Waals surface area contributed by atoms with Crippen molar-refractivity contribution >= 4 is 44.3 Å². The average Bonchev–Trinajstić information content (AvgIpc) is 3.91. The number of benzene rings is 2. The van der Waals surface area contributed by atoms with Crippen molar-refractivity contribution in [1.82, 2.24) is 14.8 Å². The Morgan fingerprint density at radius 2 is 1.75 bits per heavy atom. The number of aliphatic hydroxyl groups is 1. The summed E-state index contributed by atoms with van der Waals surface area (Å²) in [6, 6.07) is 7.09. The molecule has 346 valence electrons. The van der Waals surface area contributed by atoms with E-state index >= 15 is 13.6 Å². The Balaban J connectivity index is 1.37. The average molecular weight is 909 g/mol. The molecule has 14 nitrogen and oxygen atoms in total. The molecule has 17 heteroatoms. The molecule has 2 N–H and O–H groups in total. The molecule has 10 atom stereocenters. The lowest BCUT2D eigenvalue weighted by atomic mass is 9.47. The van der Waals surface area contributed by atoms with E-state index in [1.807, 2.05) is 41.0 Å². The lowest BCUT2D eigenvalue weighted by Gasteiger charge is -2.63. The maximum absolute atomic E-state index is 15.5. The summed E-state index contributed by atoms with van der Waals surface area (Å²) in [5.74, 6) is -6.47. The third kappa shape index (κ3) is 6.01. The second-order valence-corrected chi connectivity index (χ2v) is 21.3. The molecule has 5 aliphatic heterocycles. The van der Waals surface area contributed by atoms with Gasteiger partial charge in [0.15, 0.2) is 15.9 Å². The van der Waals surface area contributed by atoms with Crippen molar-refractivity contribution in [3.8, 4) is 5.75 Å². The third-order valence-electron chi connectivity index (χ3n) is 16.1. The molecule has 64 heavy (non-hydrogen) atoms. The van der Waals surface area contributed by atoms with Crippen LogP contribution in [-0.2, 0) is 55.7 Å². The van der Waals surface area contributed by atoms with Crippen LogP contribution in [-0.4, -0.2) is 143 Å². The molecule has 1 aromatic heterocycles.